The Balaban J connectivity index is 2.29. The molecule has 186 valence electrons. The summed E-state index contributed by atoms with van der Waals surface area (Å²) < 4.78 is 23.2. The third kappa shape index (κ3) is 7.31. The minimum atomic E-state index is -1.47. The highest BCUT2D eigenvalue weighted by molar-refractivity contribution is 9.11. The van der Waals surface area contributed by atoms with E-state index in [0.29, 0.717) is 20.3 Å². The Kier molecular flexibility index (Phi) is 10.2. The minimum absolute atomic E-state index is 0.00922. The van der Waals surface area contributed by atoms with Gasteiger partial charge in [0.1, 0.15) is 16.8 Å². The number of aliphatic hydroxyl groups is 1. The Morgan fingerprint density at radius 2 is 1.79 bits per heavy atom. The Morgan fingerprint density at radius 3 is 2.32 bits per heavy atom. The number of hydrogen-bond donors (Lipinski definition) is 3. The van der Waals surface area contributed by atoms with Gasteiger partial charge in [-0.05, 0) is 87.5 Å². The second-order valence-corrected chi connectivity index (χ2v) is 11.2. The molecule has 0 aromatic heterocycles. The molecule has 0 fully saturated rings. The van der Waals surface area contributed by atoms with Crippen molar-refractivity contribution in [1.29, 1.82) is 0 Å². The molecule has 2 aromatic carbocycles. The molecular formula is C23H28Br2NO7P. The lowest BCUT2D eigenvalue weighted by atomic mass is 10.00. The van der Waals surface area contributed by atoms with Crippen LogP contribution in [0.15, 0.2) is 39.3 Å². The van der Waals surface area contributed by atoms with Gasteiger partial charge in [0.15, 0.2) is 5.75 Å². The number of esters is 1. The maximum atomic E-state index is 12.9. The molecule has 1 amide bonds. The van der Waals surface area contributed by atoms with Gasteiger partial charge in [0.25, 0.3) is 5.91 Å². The highest BCUT2D eigenvalue weighted by Crippen LogP contribution is 2.42. The maximum Gasteiger partial charge on any atom is 0.307 e. The summed E-state index contributed by atoms with van der Waals surface area (Å²) in [4.78, 5) is 24.8. The Morgan fingerprint density at radius 1 is 1.18 bits per heavy atom. The number of carbonyl (C=O) groups is 2. The third-order valence-corrected chi connectivity index (χ3v) is 7.03. The van der Waals surface area contributed by atoms with Gasteiger partial charge in [-0.25, -0.2) is 0 Å². The van der Waals surface area contributed by atoms with Crippen LogP contribution in [0.1, 0.15) is 50.0 Å². The number of rotatable bonds is 10. The number of ether oxygens (including phenoxy) is 2. The highest BCUT2D eigenvalue weighted by Gasteiger charge is 2.25. The van der Waals surface area contributed by atoms with Crippen LogP contribution in [0, 0.1) is 5.92 Å². The van der Waals surface area contributed by atoms with E-state index in [1.54, 1.807) is 19.1 Å². The summed E-state index contributed by atoms with van der Waals surface area (Å²) in [7, 11) is -1.47. The first kappa shape index (κ1) is 28.4. The Bertz CT molecular complexity index is 1050. The van der Waals surface area contributed by atoms with Gasteiger partial charge in [0, 0.05) is 6.04 Å². The average molecular weight is 621 g/mol. The summed E-state index contributed by atoms with van der Waals surface area (Å²) >= 11 is 6.78. The molecule has 3 atom stereocenters. The summed E-state index contributed by atoms with van der Waals surface area (Å²) in [6.45, 7) is 7.16. The summed E-state index contributed by atoms with van der Waals surface area (Å²) in [6, 6.07) is 6.93. The fourth-order valence-electron chi connectivity index (χ4n) is 3.00. The van der Waals surface area contributed by atoms with Gasteiger partial charge >= 0.3 is 5.97 Å². The van der Waals surface area contributed by atoms with Gasteiger partial charge in [0.2, 0.25) is 0 Å². The molecule has 11 heteroatoms. The van der Waals surface area contributed by atoms with Crippen LogP contribution in [0.25, 0.3) is 0 Å². The fraction of sp³-hybridized carbons (Fsp3) is 0.391. The first-order chi connectivity index (χ1) is 15.9. The van der Waals surface area contributed by atoms with Crippen molar-refractivity contribution >= 4 is 52.2 Å². The van der Waals surface area contributed by atoms with E-state index in [1.807, 2.05) is 13.8 Å². The lowest BCUT2D eigenvalue weighted by Crippen LogP contribution is -2.40. The van der Waals surface area contributed by atoms with Crippen LogP contribution in [0.3, 0.4) is 0 Å². The molecule has 0 saturated heterocycles. The largest absolute Gasteiger partial charge is 0.507 e. The maximum absolute atomic E-state index is 12.9. The molecule has 0 aliphatic carbocycles. The minimum Gasteiger partial charge on any atom is -0.507 e. The van der Waals surface area contributed by atoms with E-state index in [2.05, 4.69) is 37.2 Å². The number of benzene rings is 2. The molecule has 34 heavy (non-hydrogen) atoms. The van der Waals surface area contributed by atoms with Crippen molar-refractivity contribution in [1.82, 2.24) is 5.32 Å². The van der Waals surface area contributed by atoms with Gasteiger partial charge in [0.05, 0.1) is 36.0 Å². The molecule has 0 aliphatic rings. The van der Waals surface area contributed by atoms with E-state index < -0.39 is 31.7 Å². The quantitative estimate of drug-likeness (QED) is 0.242. The number of aromatic hydroxyl groups is 1. The highest BCUT2D eigenvalue weighted by atomic mass is 79.9. The predicted molar refractivity (Wildman–Crippen MR) is 137 cm³/mol. The molecule has 0 radical (unpaired) electrons. The Hall–Kier alpha value is -1.87. The van der Waals surface area contributed by atoms with E-state index in [4.69, 9.17) is 9.47 Å². The molecule has 3 unspecified atom stereocenters. The van der Waals surface area contributed by atoms with Crippen LogP contribution >= 0.6 is 40.3 Å². The lowest BCUT2D eigenvalue weighted by Gasteiger charge is -2.22. The normalized spacial score (nSPS) is 14.1. The van der Waals surface area contributed by atoms with Crippen molar-refractivity contribution in [3.8, 4) is 17.2 Å². The summed E-state index contributed by atoms with van der Waals surface area (Å²) in [6.07, 6.45) is 0.00922. The van der Waals surface area contributed by atoms with Gasteiger partial charge in [-0.3, -0.25) is 9.59 Å². The first-order valence-corrected chi connectivity index (χ1v) is 13.2. The lowest BCUT2D eigenvalue weighted by molar-refractivity contribution is -0.143. The molecule has 3 N–H and O–H groups in total. The van der Waals surface area contributed by atoms with Gasteiger partial charge < -0.3 is 29.6 Å². The zero-order chi connectivity index (χ0) is 25.6. The van der Waals surface area contributed by atoms with Crippen LogP contribution < -0.4 is 10.1 Å². The number of phenols is 1. The zero-order valence-electron chi connectivity index (χ0n) is 19.2. The number of nitrogens with one attached hydrogen (secondary N) is 1. The van der Waals surface area contributed by atoms with Crippen molar-refractivity contribution in [2.75, 3.05) is 6.61 Å². The van der Waals surface area contributed by atoms with E-state index in [-0.39, 0.29) is 36.0 Å². The molecule has 0 bridgehead atoms. The second kappa shape index (κ2) is 12.2. The first-order valence-electron chi connectivity index (χ1n) is 10.5. The van der Waals surface area contributed by atoms with Crippen molar-refractivity contribution < 1.29 is 33.8 Å². The molecule has 2 rings (SSSR count). The molecule has 0 heterocycles. The molecule has 0 saturated carbocycles. The van der Waals surface area contributed by atoms with Gasteiger partial charge in [-0.1, -0.05) is 13.8 Å². The van der Waals surface area contributed by atoms with Crippen LogP contribution in [-0.2, 0) is 19.4 Å². The second-order valence-electron chi connectivity index (χ2n) is 8.15. The SMILES string of the molecule is CCOC(=O)CC(NC(=O)c1cc(Oc2c(Br)cc(C(C)(O)[PH2]=O)cc2Br)ccc1O)C(C)C. The molecule has 8 nitrogen and oxygen atoms in total. The topological polar surface area (TPSA) is 122 Å². The van der Waals surface area contributed by atoms with Crippen LogP contribution in [-0.4, -0.2) is 34.7 Å². The zero-order valence-corrected chi connectivity index (χ0v) is 23.6. The molecular weight excluding hydrogens is 593 g/mol. The standard InChI is InChI=1S/C23H28Br2NO7P/c1-5-32-20(28)11-18(12(2)3)26-22(29)15-10-14(6-7-19(15)27)33-21-16(24)8-13(9-17(21)25)23(4,30)34-31/h6-10,12,18,27,30H,5,11,34H2,1-4H3,(H,26,29). The number of carbonyl (C=O) groups excluding carboxylic acids is 2. The molecule has 0 aliphatic heterocycles. The summed E-state index contributed by atoms with van der Waals surface area (Å²) in [5.41, 5.74) is 0.421. The average Bonchev–Trinajstić information content (AvgIpc) is 2.76. The van der Waals surface area contributed by atoms with E-state index in [1.165, 1.54) is 25.1 Å². The van der Waals surface area contributed by atoms with Crippen molar-refractivity contribution in [2.24, 2.45) is 5.92 Å². The van der Waals surface area contributed by atoms with E-state index in [0.717, 1.165) is 0 Å². The smallest absolute Gasteiger partial charge is 0.307 e. The summed E-state index contributed by atoms with van der Waals surface area (Å²) in [5.74, 6) is -0.642. The van der Waals surface area contributed by atoms with Crippen molar-refractivity contribution in [3.05, 3.63) is 50.4 Å². The van der Waals surface area contributed by atoms with Gasteiger partial charge in [-0.2, -0.15) is 0 Å². The van der Waals surface area contributed by atoms with Crippen molar-refractivity contribution in [2.45, 2.75) is 45.5 Å². The van der Waals surface area contributed by atoms with Crippen LogP contribution in [0.4, 0.5) is 0 Å². The number of halogens is 2. The van der Waals surface area contributed by atoms with Crippen molar-refractivity contribution in [3.63, 3.8) is 0 Å². The number of hydrogen-bond acceptors (Lipinski definition) is 7. The molecule has 2 aromatic rings. The predicted octanol–water partition coefficient (Wildman–Crippen LogP) is 5.34. The van der Waals surface area contributed by atoms with E-state index >= 15 is 0 Å². The van der Waals surface area contributed by atoms with E-state index in [9.17, 15) is 24.4 Å². The third-order valence-electron chi connectivity index (χ3n) is 5.06. The number of phenolic OH excluding ortho intramolecular Hbond substituents is 1. The fourth-order valence-corrected chi connectivity index (χ4v) is 4.65. The van der Waals surface area contributed by atoms with Crippen LogP contribution in [0.5, 0.6) is 17.2 Å². The van der Waals surface area contributed by atoms with Crippen LogP contribution in [0.2, 0.25) is 0 Å². The summed E-state index contributed by atoms with van der Waals surface area (Å²) in [5, 5.41) is 21.9. The molecule has 0 spiro atoms. The van der Waals surface area contributed by atoms with Gasteiger partial charge in [-0.15, -0.1) is 0 Å². The Labute approximate surface area is 216 Å². The monoisotopic (exact) mass is 619 g/mol. The number of amides is 1.